The normalized spacial score (nSPS) is 44.3. The van der Waals surface area contributed by atoms with Gasteiger partial charge in [0, 0.05) is 23.7 Å². The minimum Gasteiger partial charge on any atom is -0.347 e. The van der Waals surface area contributed by atoms with Crippen LogP contribution in [-0.2, 0) is 14.3 Å². The van der Waals surface area contributed by atoms with Crippen LogP contribution in [0.25, 0.3) is 0 Å². The van der Waals surface area contributed by atoms with Crippen molar-refractivity contribution in [3.05, 3.63) is 0 Å². The van der Waals surface area contributed by atoms with Crippen LogP contribution in [0.3, 0.4) is 0 Å². The molecule has 0 amide bonds. The molecule has 3 fully saturated rings. The maximum atomic E-state index is 12.6. The largest absolute Gasteiger partial charge is 0.347 e. The minimum atomic E-state index is -0.473. The lowest BCUT2D eigenvalue weighted by Crippen LogP contribution is -2.67. The van der Waals surface area contributed by atoms with Gasteiger partial charge in [-0.15, -0.1) is 0 Å². The van der Waals surface area contributed by atoms with E-state index in [2.05, 4.69) is 27.7 Å². The van der Waals surface area contributed by atoms with Gasteiger partial charge in [-0.2, -0.15) is 0 Å². The number of carbonyl (C=O) groups excluding carboxylic acids is 1. The summed E-state index contributed by atoms with van der Waals surface area (Å²) in [6.45, 7) is 10.3. The summed E-state index contributed by atoms with van der Waals surface area (Å²) in [4.78, 5) is 12.6. The molecule has 1 heterocycles. The first-order valence-corrected chi connectivity index (χ1v) is 7.60. The summed E-state index contributed by atoms with van der Waals surface area (Å²) in [6, 6.07) is 0. The fourth-order valence-corrected chi connectivity index (χ4v) is 4.99. The van der Waals surface area contributed by atoms with Crippen molar-refractivity contribution in [2.24, 2.45) is 16.2 Å². The molecule has 1 aliphatic heterocycles. The Balaban J connectivity index is 2.09. The Labute approximate surface area is 116 Å². The molecule has 3 rings (SSSR count). The zero-order valence-corrected chi connectivity index (χ0v) is 12.7. The number of fused-ring (bicyclic) bond motifs is 1. The number of carbonyl (C=O) groups is 1. The van der Waals surface area contributed by atoms with Gasteiger partial charge in [-0.05, 0) is 24.7 Å². The van der Waals surface area contributed by atoms with E-state index in [1.165, 1.54) is 0 Å². The fraction of sp³-hybridized carbons (Fsp3) is 0.938. The lowest BCUT2D eigenvalue weighted by molar-refractivity contribution is -0.309. The van der Waals surface area contributed by atoms with Crippen LogP contribution in [0.4, 0.5) is 0 Å². The molecule has 3 aliphatic rings. The van der Waals surface area contributed by atoms with Gasteiger partial charge in [0.2, 0.25) is 0 Å². The summed E-state index contributed by atoms with van der Waals surface area (Å²) in [5.74, 6) is -0.0269. The van der Waals surface area contributed by atoms with Crippen molar-refractivity contribution < 1.29 is 14.3 Å². The Kier molecular flexibility index (Phi) is 2.73. The number of ether oxygens (including phenoxy) is 2. The van der Waals surface area contributed by atoms with Crippen LogP contribution in [0.5, 0.6) is 0 Å². The molecule has 1 spiro atoms. The predicted octanol–water partition coefficient (Wildman–Crippen LogP) is 3.32. The zero-order valence-electron chi connectivity index (χ0n) is 12.7. The van der Waals surface area contributed by atoms with Crippen LogP contribution >= 0.6 is 0 Å². The van der Waals surface area contributed by atoms with Crippen molar-refractivity contribution in [1.29, 1.82) is 0 Å². The maximum absolute atomic E-state index is 12.6. The van der Waals surface area contributed by atoms with Crippen molar-refractivity contribution in [3.8, 4) is 0 Å². The Morgan fingerprint density at radius 3 is 2.21 bits per heavy atom. The Morgan fingerprint density at radius 2 is 1.58 bits per heavy atom. The van der Waals surface area contributed by atoms with E-state index < -0.39 is 5.79 Å². The second-order valence-corrected chi connectivity index (χ2v) is 7.52. The minimum absolute atomic E-state index is 0.0437. The third-order valence-corrected chi connectivity index (χ3v) is 6.95. The molecule has 0 aromatic carbocycles. The topological polar surface area (TPSA) is 35.5 Å². The first-order valence-electron chi connectivity index (χ1n) is 7.60. The second-order valence-electron chi connectivity index (χ2n) is 7.52. The standard InChI is InChI=1S/C16H26O3/c1-13(2)15(4)7-5-6-12(17)14(15,3)8-9-16(13)18-10-11-19-16/h5-11H2,1-4H3/t14-,15+/m1/s1. The van der Waals surface area contributed by atoms with E-state index in [1.54, 1.807) is 0 Å². The SMILES string of the molecule is CC1(C)C2(CC[C@]3(C)C(=O)CCC[C@@]13C)OCCO2. The van der Waals surface area contributed by atoms with E-state index in [0.717, 1.165) is 32.1 Å². The van der Waals surface area contributed by atoms with Crippen LogP contribution < -0.4 is 0 Å². The van der Waals surface area contributed by atoms with E-state index in [4.69, 9.17) is 9.47 Å². The van der Waals surface area contributed by atoms with Gasteiger partial charge in [-0.1, -0.05) is 27.7 Å². The molecule has 0 unspecified atom stereocenters. The van der Waals surface area contributed by atoms with Gasteiger partial charge in [0.05, 0.1) is 13.2 Å². The molecule has 0 aromatic heterocycles. The van der Waals surface area contributed by atoms with Gasteiger partial charge < -0.3 is 9.47 Å². The first kappa shape index (κ1) is 13.6. The molecule has 19 heavy (non-hydrogen) atoms. The van der Waals surface area contributed by atoms with Gasteiger partial charge >= 0.3 is 0 Å². The van der Waals surface area contributed by atoms with Crippen molar-refractivity contribution in [2.45, 2.75) is 65.6 Å². The van der Waals surface area contributed by atoms with Crippen LogP contribution in [0.1, 0.15) is 59.8 Å². The van der Waals surface area contributed by atoms with Gasteiger partial charge in [0.25, 0.3) is 0 Å². The summed E-state index contributed by atoms with van der Waals surface area (Å²) in [5.41, 5.74) is -0.396. The Bertz CT molecular complexity index is 408. The number of rotatable bonds is 0. The molecule has 1 saturated heterocycles. The van der Waals surface area contributed by atoms with E-state index >= 15 is 0 Å². The highest BCUT2D eigenvalue weighted by molar-refractivity contribution is 5.86. The molecule has 0 aromatic rings. The number of Topliss-reactive ketones (excluding diaryl/α,β-unsaturated/α-hetero) is 1. The smallest absolute Gasteiger partial charge is 0.174 e. The molecule has 0 radical (unpaired) electrons. The molecule has 2 atom stereocenters. The third kappa shape index (κ3) is 1.38. The zero-order chi connectivity index (χ0) is 13.9. The highest BCUT2D eigenvalue weighted by Gasteiger charge is 2.70. The molecule has 0 N–H and O–H groups in total. The van der Waals surface area contributed by atoms with Gasteiger partial charge in [0.1, 0.15) is 5.78 Å². The van der Waals surface area contributed by atoms with Crippen molar-refractivity contribution in [1.82, 2.24) is 0 Å². The second kappa shape index (κ2) is 3.82. The first-order chi connectivity index (χ1) is 8.79. The quantitative estimate of drug-likeness (QED) is 0.674. The van der Waals surface area contributed by atoms with Crippen LogP contribution in [0.2, 0.25) is 0 Å². The van der Waals surface area contributed by atoms with Crippen molar-refractivity contribution in [3.63, 3.8) is 0 Å². The molecule has 2 saturated carbocycles. The van der Waals surface area contributed by atoms with Gasteiger partial charge in [-0.25, -0.2) is 0 Å². The number of hydrogen-bond donors (Lipinski definition) is 0. The highest BCUT2D eigenvalue weighted by Crippen LogP contribution is 2.69. The molecule has 108 valence electrons. The molecule has 3 heteroatoms. The molecule has 0 bridgehead atoms. The molecule has 2 aliphatic carbocycles. The maximum Gasteiger partial charge on any atom is 0.174 e. The summed E-state index contributed by atoms with van der Waals surface area (Å²) >= 11 is 0. The van der Waals surface area contributed by atoms with Crippen molar-refractivity contribution in [2.75, 3.05) is 13.2 Å². The Hall–Kier alpha value is -0.410. The van der Waals surface area contributed by atoms with E-state index in [-0.39, 0.29) is 16.2 Å². The lowest BCUT2D eigenvalue weighted by Gasteiger charge is -2.65. The number of hydrogen-bond acceptors (Lipinski definition) is 3. The van der Waals surface area contributed by atoms with E-state index in [1.807, 2.05) is 0 Å². The summed E-state index contributed by atoms with van der Waals surface area (Å²) in [7, 11) is 0. The van der Waals surface area contributed by atoms with Crippen LogP contribution in [0, 0.1) is 16.2 Å². The van der Waals surface area contributed by atoms with Crippen LogP contribution in [-0.4, -0.2) is 24.8 Å². The van der Waals surface area contributed by atoms with Gasteiger partial charge in [0.15, 0.2) is 5.79 Å². The van der Waals surface area contributed by atoms with E-state index in [9.17, 15) is 4.79 Å². The monoisotopic (exact) mass is 266 g/mol. The third-order valence-electron chi connectivity index (χ3n) is 6.95. The summed E-state index contributed by atoms with van der Waals surface area (Å²) in [6.07, 6.45) is 4.58. The van der Waals surface area contributed by atoms with E-state index in [0.29, 0.717) is 19.0 Å². The predicted molar refractivity (Wildman–Crippen MR) is 72.7 cm³/mol. The summed E-state index contributed by atoms with van der Waals surface area (Å²) in [5, 5.41) is 0. The molecule has 3 nitrogen and oxygen atoms in total. The Morgan fingerprint density at radius 1 is 0.947 bits per heavy atom. The summed E-state index contributed by atoms with van der Waals surface area (Å²) < 4.78 is 12.1. The molecular formula is C16H26O3. The van der Waals surface area contributed by atoms with Crippen molar-refractivity contribution >= 4 is 5.78 Å². The van der Waals surface area contributed by atoms with Crippen LogP contribution in [0.15, 0.2) is 0 Å². The fourth-order valence-electron chi connectivity index (χ4n) is 4.99. The van der Waals surface area contributed by atoms with Gasteiger partial charge in [-0.3, -0.25) is 4.79 Å². The average Bonchev–Trinajstić information content (AvgIpc) is 2.82. The molecular weight excluding hydrogens is 240 g/mol. The highest BCUT2D eigenvalue weighted by atomic mass is 16.7. The average molecular weight is 266 g/mol. The number of ketones is 1. The lowest BCUT2D eigenvalue weighted by atomic mass is 9.41.